The Balaban J connectivity index is 1.75. The van der Waals surface area contributed by atoms with Crippen molar-refractivity contribution in [3.63, 3.8) is 0 Å². The maximum atomic E-state index is 9.29. The SMILES string of the molecule is C=C(N[C@]1(C)C[C@H](O)C1)OCc1ccccc1. The first-order valence-electron chi connectivity index (χ1n) is 5.89. The van der Waals surface area contributed by atoms with Crippen LogP contribution in [0.4, 0.5) is 0 Å². The number of aliphatic hydroxyl groups is 1. The van der Waals surface area contributed by atoms with Crippen LogP contribution in [0.5, 0.6) is 0 Å². The van der Waals surface area contributed by atoms with Crippen LogP contribution in [-0.4, -0.2) is 16.7 Å². The minimum atomic E-state index is -0.186. The fraction of sp³-hybridized carbons (Fsp3) is 0.429. The van der Waals surface area contributed by atoms with Gasteiger partial charge >= 0.3 is 0 Å². The molecule has 1 saturated carbocycles. The molecule has 1 aliphatic carbocycles. The molecule has 3 heteroatoms. The number of aliphatic hydroxyl groups excluding tert-OH is 1. The lowest BCUT2D eigenvalue weighted by molar-refractivity contribution is 0.00480. The van der Waals surface area contributed by atoms with Gasteiger partial charge in [0.15, 0.2) is 5.88 Å². The van der Waals surface area contributed by atoms with Gasteiger partial charge < -0.3 is 15.2 Å². The normalized spacial score (nSPS) is 27.1. The van der Waals surface area contributed by atoms with Crippen LogP contribution < -0.4 is 5.32 Å². The summed E-state index contributed by atoms with van der Waals surface area (Å²) in [6.45, 7) is 6.43. The topological polar surface area (TPSA) is 41.5 Å². The van der Waals surface area contributed by atoms with Gasteiger partial charge in [-0.05, 0) is 31.9 Å². The summed E-state index contributed by atoms with van der Waals surface area (Å²) in [5.74, 6) is 0.572. The second kappa shape index (κ2) is 4.80. The maximum absolute atomic E-state index is 9.29. The van der Waals surface area contributed by atoms with E-state index in [-0.39, 0.29) is 11.6 Å². The molecule has 0 atom stereocenters. The predicted molar refractivity (Wildman–Crippen MR) is 67.2 cm³/mol. The second-order valence-electron chi connectivity index (χ2n) is 4.95. The molecule has 0 spiro atoms. The zero-order chi connectivity index (χ0) is 12.3. The number of nitrogens with one attached hydrogen (secondary N) is 1. The van der Waals surface area contributed by atoms with Gasteiger partial charge in [0, 0.05) is 5.54 Å². The molecule has 17 heavy (non-hydrogen) atoms. The Morgan fingerprint density at radius 3 is 2.71 bits per heavy atom. The molecule has 0 aromatic heterocycles. The van der Waals surface area contributed by atoms with Gasteiger partial charge in [0.2, 0.25) is 0 Å². The van der Waals surface area contributed by atoms with Crippen LogP contribution in [0.1, 0.15) is 25.3 Å². The Morgan fingerprint density at radius 2 is 2.12 bits per heavy atom. The lowest BCUT2D eigenvalue weighted by Crippen LogP contribution is -2.54. The second-order valence-corrected chi connectivity index (χ2v) is 4.95. The molecule has 1 fully saturated rings. The van der Waals surface area contributed by atoms with Gasteiger partial charge in [-0.15, -0.1) is 0 Å². The van der Waals surface area contributed by atoms with Crippen molar-refractivity contribution in [2.24, 2.45) is 0 Å². The lowest BCUT2D eigenvalue weighted by atomic mass is 9.76. The Morgan fingerprint density at radius 1 is 1.47 bits per heavy atom. The molecule has 0 saturated heterocycles. The Hall–Kier alpha value is -1.48. The Kier molecular flexibility index (Phi) is 3.38. The first-order valence-corrected chi connectivity index (χ1v) is 5.89. The molecule has 0 radical (unpaired) electrons. The first-order chi connectivity index (χ1) is 8.07. The van der Waals surface area contributed by atoms with Crippen molar-refractivity contribution in [2.45, 2.75) is 38.0 Å². The van der Waals surface area contributed by atoms with E-state index in [4.69, 9.17) is 4.74 Å². The minimum absolute atomic E-state index is 0.0623. The minimum Gasteiger partial charge on any atom is -0.475 e. The molecule has 0 bridgehead atoms. The van der Waals surface area contributed by atoms with Crippen LogP contribution >= 0.6 is 0 Å². The van der Waals surface area contributed by atoms with Crippen molar-refractivity contribution >= 4 is 0 Å². The van der Waals surface area contributed by atoms with E-state index in [9.17, 15) is 5.11 Å². The summed E-state index contributed by atoms with van der Waals surface area (Å²) < 4.78 is 5.55. The predicted octanol–water partition coefficient (Wildman–Crippen LogP) is 2.18. The van der Waals surface area contributed by atoms with Crippen LogP contribution in [0.3, 0.4) is 0 Å². The molecule has 0 aliphatic heterocycles. The van der Waals surface area contributed by atoms with Gasteiger partial charge in [-0.3, -0.25) is 0 Å². The third kappa shape index (κ3) is 3.24. The van der Waals surface area contributed by atoms with E-state index in [1.165, 1.54) is 0 Å². The summed E-state index contributed by atoms with van der Waals surface area (Å²) in [6.07, 6.45) is 1.32. The smallest absolute Gasteiger partial charge is 0.180 e. The lowest BCUT2D eigenvalue weighted by Gasteiger charge is -2.43. The average molecular weight is 233 g/mol. The number of ether oxygens (including phenoxy) is 1. The van der Waals surface area contributed by atoms with Crippen LogP contribution in [0, 0.1) is 0 Å². The highest BCUT2D eigenvalue weighted by molar-refractivity contribution is 5.14. The third-order valence-corrected chi connectivity index (χ3v) is 3.07. The largest absolute Gasteiger partial charge is 0.475 e. The number of benzene rings is 1. The van der Waals surface area contributed by atoms with Crippen LogP contribution in [0.2, 0.25) is 0 Å². The monoisotopic (exact) mass is 233 g/mol. The van der Waals surface area contributed by atoms with Crippen LogP contribution in [0.15, 0.2) is 42.8 Å². The fourth-order valence-electron chi connectivity index (χ4n) is 2.20. The van der Waals surface area contributed by atoms with E-state index in [0.717, 1.165) is 18.4 Å². The molecular weight excluding hydrogens is 214 g/mol. The highest BCUT2D eigenvalue weighted by atomic mass is 16.5. The molecule has 3 nitrogen and oxygen atoms in total. The van der Waals surface area contributed by atoms with Gasteiger partial charge in [-0.1, -0.05) is 30.3 Å². The van der Waals surface area contributed by atoms with E-state index in [1.54, 1.807) is 0 Å². The van der Waals surface area contributed by atoms with E-state index >= 15 is 0 Å². The molecule has 1 aromatic rings. The van der Waals surface area contributed by atoms with Crippen LogP contribution in [0.25, 0.3) is 0 Å². The van der Waals surface area contributed by atoms with E-state index in [2.05, 4.69) is 18.8 Å². The summed E-state index contributed by atoms with van der Waals surface area (Å²) in [7, 11) is 0. The van der Waals surface area contributed by atoms with Gasteiger partial charge in [-0.2, -0.15) is 0 Å². The van der Waals surface area contributed by atoms with Crippen molar-refractivity contribution in [3.8, 4) is 0 Å². The standard InChI is InChI=1S/C14H19NO2/c1-11(15-14(2)8-13(16)9-14)17-10-12-6-4-3-5-7-12/h3-7,13,15-16H,1,8-10H2,2H3/t13-,14+. The van der Waals surface area contributed by atoms with E-state index < -0.39 is 0 Å². The van der Waals surface area contributed by atoms with Crippen LogP contribution in [-0.2, 0) is 11.3 Å². The summed E-state index contributed by atoms with van der Waals surface area (Å²) in [6, 6.07) is 9.98. The van der Waals surface area contributed by atoms with Gasteiger partial charge in [0.25, 0.3) is 0 Å². The zero-order valence-electron chi connectivity index (χ0n) is 10.1. The fourth-order valence-corrected chi connectivity index (χ4v) is 2.20. The highest BCUT2D eigenvalue weighted by Crippen LogP contribution is 2.32. The Bertz CT molecular complexity index is 382. The summed E-state index contributed by atoms with van der Waals surface area (Å²) >= 11 is 0. The third-order valence-electron chi connectivity index (χ3n) is 3.07. The number of hydrogen-bond donors (Lipinski definition) is 2. The van der Waals surface area contributed by atoms with Gasteiger partial charge in [0.05, 0.1) is 6.10 Å². The van der Waals surface area contributed by atoms with Crippen molar-refractivity contribution < 1.29 is 9.84 Å². The molecule has 92 valence electrons. The van der Waals surface area contributed by atoms with Gasteiger partial charge in [-0.25, -0.2) is 0 Å². The van der Waals surface area contributed by atoms with Crippen molar-refractivity contribution in [1.82, 2.24) is 5.32 Å². The average Bonchev–Trinajstić information content (AvgIpc) is 2.26. The summed E-state index contributed by atoms with van der Waals surface area (Å²) in [5, 5.41) is 12.5. The Labute approximate surface area is 102 Å². The molecule has 1 aromatic carbocycles. The summed E-state index contributed by atoms with van der Waals surface area (Å²) in [5.41, 5.74) is 1.06. The molecule has 0 heterocycles. The maximum Gasteiger partial charge on any atom is 0.180 e. The molecule has 2 N–H and O–H groups in total. The van der Waals surface area contributed by atoms with Gasteiger partial charge in [0.1, 0.15) is 6.61 Å². The number of rotatable bonds is 5. The van der Waals surface area contributed by atoms with E-state index in [1.807, 2.05) is 30.3 Å². The molecule has 0 unspecified atom stereocenters. The quantitative estimate of drug-likeness (QED) is 0.766. The van der Waals surface area contributed by atoms with E-state index in [0.29, 0.717) is 12.5 Å². The number of hydrogen-bond acceptors (Lipinski definition) is 3. The first kappa shape index (κ1) is 12.0. The summed E-state index contributed by atoms with van der Waals surface area (Å²) in [4.78, 5) is 0. The van der Waals surface area contributed by atoms with Crippen molar-refractivity contribution in [2.75, 3.05) is 0 Å². The molecule has 2 rings (SSSR count). The molecule has 0 amide bonds. The van der Waals surface area contributed by atoms with Crippen molar-refractivity contribution in [1.29, 1.82) is 0 Å². The molecule has 1 aliphatic rings. The molecular formula is C14H19NO2. The van der Waals surface area contributed by atoms with Crippen molar-refractivity contribution in [3.05, 3.63) is 48.4 Å². The zero-order valence-corrected chi connectivity index (χ0v) is 10.1. The highest BCUT2D eigenvalue weighted by Gasteiger charge is 2.39.